The summed E-state index contributed by atoms with van der Waals surface area (Å²) in [6.45, 7) is 4.00. The van der Waals surface area contributed by atoms with Crippen LogP contribution in [0.1, 0.15) is 34.8 Å². The lowest BCUT2D eigenvalue weighted by molar-refractivity contribution is 0.111. The first-order chi connectivity index (χ1) is 14.7. The van der Waals surface area contributed by atoms with Gasteiger partial charge in [0.2, 0.25) is 0 Å². The molecule has 1 N–H and O–H groups in total. The van der Waals surface area contributed by atoms with Crippen molar-refractivity contribution in [1.82, 2.24) is 14.8 Å². The van der Waals surface area contributed by atoms with E-state index in [0.717, 1.165) is 28.5 Å². The van der Waals surface area contributed by atoms with Crippen molar-refractivity contribution in [2.45, 2.75) is 20.3 Å². The van der Waals surface area contributed by atoms with Gasteiger partial charge in [0.1, 0.15) is 5.69 Å². The monoisotopic (exact) mass is 440 g/mol. The van der Waals surface area contributed by atoms with Crippen LogP contribution in [0.3, 0.4) is 0 Å². The predicted molar refractivity (Wildman–Crippen MR) is 126 cm³/mol. The molecule has 2 heterocycles. The maximum Gasteiger partial charge on any atom is 0.182 e. The highest BCUT2D eigenvalue weighted by molar-refractivity contribution is 7.15. The van der Waals surface area contributed by atoms with Crippen LogP contribution in [0, 0.1) is 0 Å². The van der Waals surface area contributed by atoms with Gasteiger partial charge in [-0.2, -0.15) is 5.10 Å². The van der Waals surface area contributed by atoms with Crippen LogP contribution in [0.25, 0.3) is 5.69 Å². The van der Waals surface area contributed by atoms with Crippen molar-refractivity contribution in [3.8, 4) is 5.69 Å². The number of benzene rings is 2. The molecule has 0 unspecified atom stereocenters. The number of anilines is 1. The van der Waals surface area contributed by atoms with E-state index >= 15 is 0 Å². The van der Waals surface area contributed by atoms with Gasteiger partial charge in [0.05, 0.1) is 5.69 Å². The Hall–Kier alpha value is -2.96. The molecule has 4 aromatic rings. The molecule has 2 aromatic carbocycles. The minimum atomic E-state index is 0.448. The topological polar surface area (TPSA) is 59.8 Å². The minimum Gasteiger partial charge on any atom is -0.365 e. The number of aldehydes is 1. The van der Waals surface area contributed by atoms with E-state index in [1.807, 2.05) is 81.7 Å². The quantitative estimate of drug-likeness (QED) is 0.378. The molecule has 0 radical (unpaired) electrons. The Morgan fingerprint density at radius 2 is 1.77 bits per heavy atom. The molecule has 7 heteroatoms. The van der Waals surface area contributed by atoms with Crippen LogP contribution in [0.15, 0.2) is 73.1 Å². The highest BCUT2D eigenvalue weighted by Crippen LogP contribution is 2.21. The zero-order valence-corrected chi connectivity index (χ0v) is 18.8. The molecular formula is C23H25ClN4OS. The summed E-state index contributed by atoms with van der Waals surface area (Å²) in [5, 5.41) is 8.81. The Bertz CT molecular complexity index is 1010. The number of halogens is 1. The average Bonchev–Trinajstić information content (AvgIpc) is 3.47. The fourth-order valence-corrected chi connectivity index (χ4v) is 3.36. The van der Waals surface area contributed by atoms with E-state index in [0.29, 0.717) is 5.69 Å². The zero-order valence-electron chi connectivity index (χ0n) is 17.2. The number of hydrogen-bond donors (Lipinski definition) is 1. The van der Waals surface area contributed by atoms with Gasteiger partial charge in [0.25, 0.3) is 0 Å². The molecule has 5 nitrogen and oxygen atoms in total. The van der Waals surface area contributed by atoms with Gasteiger partial charge in [-0.3, -0.25) is 4.79 Å². The SMILES string of the molecule is CC.CNc1ncc(Cc2ccc(Cl)cc2)s1.O=Cc1ccn(-c2ccccc2)n1. The molecule has 0 bridgehead atoms. The van der Waals surface area contributed by atoms with E-state index in [1.54, 1.807) is 28.3 Å². The molecule has 4 rings (SSSR count). The molecule has 30 heavy (non-hydrogen) atoms. The van der Waals surface area contributed by atoms with Crippen LogP contribution < -0.4 is 5.32 Å². The number of nitrogens with zero attached hydrogens (tertiary/aromatic N) is 3. The van der Waals surface area contributed by atoms with Crippen molar-refractivity contribution < 1.29 is 4.79 Å². The minimum absolute atomic E-state index is 0.448. The summed E-state index contributed by atoms with van der Waals surface area (Å²) in [6.07, 6.45) is 5.32. The molecule has 2 aromatic heterocycles. The van der Waals surface area contributed by atoms with Gasteiger partial charge in [-0.1, -0.05) is 55.8 Å². The molecule has 156 valence electrons. The third-order valence-corrected chi connectivity index (χ3v) is 5.08. The summed E-state index contributed by atoms with van der Waals surface area (Å²) in [5.74, 6) is 0. The van der Waals surface area contributed by atoms with Crippen LogP contribution in [-0.2, 0) is 6.42 Å². The lowest BCUT2D eigenvalue weighted by Gasteiger charge is -1.98. The number of aromatic nitrogens is 3. The number of thiazole rings is 1. The van der Waals surface area contributed by atoms with Gasteiger partial charge in [0.15, 0.2) is 11.4 Å². The molecule has 0 saturated heterocycles. The van der Waals surface area contributed by atoms with Crippen molar-refractivity contribution in [3.05, 3.63) is 94.2 Å². The van der Waals surface area contributed by atoms with Crippen molar-refractivity contribution in [1.29, 1.82) is 0 Å². The van der Waals surface area contributed by atoms with Gasteiger partial charge < -0.3 is 5.32 Å². The Labute approximate surface area is 186 Å². The number of carbonyl (C=O) groups excluding carboxylic acids is 1. The number of rotatable bonds is 5. The third-order valence-electron chi connectivity index (χ3n) is 3.81. The first-order valence-electron chi connectivity index (χ1n) is 9.61. The van der Waals surface area contributed by atoms with Gasteiger partial charge in [-0.15, -0.1) is 11.3 Å². The van der Waals surface area contributed by atoms with Gasteiger partial charge in [-0.25, -0.2) is 9.67 Å². The second kappa shape index (κ2) is 12.6. The van der Waals surface area contributed by atoms with E-state index in [1.165, 1.54) is 10.4 Å². The van der Waals surface area contributed by atoms with Crippen LogP contribution >= 0.6 is 22.9 Å². The summed E-state index contributed by atoms with van der Waals surface area (Å²) in [7, 11) is 1.88. The molecule has 0 atom stereocenters. The third kappa shape index (κ3) is 7.13. The number of carbonyl (C=O) groups is 1. The Morgan fingerprint density at radius 1 is 1.07 bits per heavy atom. The maximum absolute atomic E-state index is 10.4. The maximum atomic E-state index is 10.4. The smallest absolute Gasteiger partial charge is 0.182 e. The number of hydrogen-bond acceptors (Lipinski definition) is 5. The normalized spacial score (nSPS) is 9.60. The highest BCUT2D eigenvalue weighted by atomic mass is 35.5. The Kier molecular flexibility index (Phi) is 9.77. The molecule has 0 aliphatic heterocycles. The molecule has 0 saturated carbocycles. The van der Waals surface area contributed by atoms with E-state index in [2.05, 4.69) is 15.4 Å². The second-order valence-electron chi connectivity index (χ2n) is 5.82. The summed E-state index contributed by atoms with van der Waals surface area (Å²) >= 11 is 7.50. The van der Waals surface area contributed by atoms with Gasteiger partial charge in [-0.05, 0) is 35.9 Å². The summed E-state index contributed by atoms with van der Waals surface area (Å²) < 4.78 is 1.67. The summed E-state index contributed by atoms with van der Waals surface area (Å²) in [5.41, 5.74) is 2.66. The van der Waals surface area contributed by atoms with Crippen LogP contribution in [0.2, 0.25) is 5.02 Å². The Balaban J connectivity index is 0.000000199. The van der Waals surface area contributed by atoms with Crippen LogP contribution in [0.4, 0.5) is 5.13 Å². The van der Waals surface area contributed by atoms with E-state index in [4.69, 9.17) is 11.6 Å². The lowest BCUT2D eigenvalue weighted by atomic mass is 10.1. The lowest BCUT2D eigenvalue weighted by Crippen LogP contribution is -1.94. The molecule has 0 amide bonds. The fourth-order valence-electron chi connectivity index (χ4n) is 2.43. The summed E-state index contributed by atoms with van der Waals surface area (Å²) in [6, 6.07) is 19.3. The first-order valence-corrected chi connectivity index (χ1v) is 10.8. The summed E-state index contributed by atoms with van der Waals surface area (Å²) in [4.78, 5) is 15.9. The van der Waals surface area contributed by atoms with Crippen molar-refractivity contribution in [2.75, 3.05) is 12.4 Å². The van der Waals surface area contributed by atoms with E-state index < -0.39 is 0 Å². The highest BCUT2D eigenvalue weighted by Gasteiger charge is 2.01. The molecule has 0 fully saturated rings. The Morgan fingerprint density at radius 3 is 2.33 bits per heavy atom. The van der Waals surface area contributed by atoms with Crippen LogP contribution in [0.5, 0.6) is 0 Å². The van der Waals surface area contributed by atoms with Crippen molar-refractivity contribution in [3.63, 3.8) is 0 Å². The van der Waals surface area contributed by atoms with E-state index in [9.17, 15) is 4.79 Å². The number of para-hydroxylation sites is 1. The standard InChI is InChI=1S/C11H11ClN2S.C10H8N2O.C2H6/c1-13-11-14-7-10(15-11)6-8-2-4-9(12)5-3-8;13-8-9-6-7-12(11-9)10-4-2-1-3-5-10;1-2/h2-5,7H,6H2,1H3,(H,13,14);1-8H;1-2H3. The van der Waals surface area contributed by atoms with Gasteiger partial charge >= 0.3 is 0 Å². The van der Waals surface area contributed by atoms with E-state index in [-0.39, 0.29) is 0 Å². The second-order valence-corrected chi connectivity index (χ2v) is 7.38. The first kappa shape index (κ1) is 23.3. The molecule has 0 aliphatic carbocycles. The predicted octanol–water partition coefficient (Wildman–Crippen LogP) is 6.14. The van der Waals surface area contributed by atoms with Crippen LogP contribution in [-0.4, -0.2) is 28.1 Å². The zero-order chi connectivity index (χ0) is 21.8. The van der Waals surface area contributed by atoms with Crippen molar-refractivity contribution in [2.24, 2.45) is 0 Å². The van der Waals surface area contributed by atoms with Gasteiger partial charge in [0, 0.05) is 35.8 Å². The largest absolute Gasteiger partial charge is 0.365 e. The fraction of sp³-hybridized carbons (Fsp3) is 0.174. The van der Waals surface area contributed by atoms with Crippen molar-refractivity contribution >= 4 is 34.4 Å². The molecular weight excluding hydrogens is 416 g/mol. The molecule has 0 spiro atoms. The molecule has 0 aliphatic rings. The number of nitrogens with one attached hydrogen (secondary N) is 1. The average molecular weight is 441 g/mol.